The molecule has 1 aliphatic carbocycles. The van der Waals surface area contributed by atoms with Gasteiger partial charge in [-0.1, -0.05) is 18.2 Å². The number of hydrogen-bond donors (Lipinski definition) is 1. The van der Waals surface area contributed by atoms with Crippen LogP contribution in [0.25, 0.3) is 0 Å². The molecule has 1 saturated carbocycles. The van der Waals surface area contributed by atoms with Gasteiger partial charge in [0.05, 0.1) is 6.54 Å². The number of amidine groups is 1. The lowest BCUT2D eigenvalue weighted by atomic mass is 10.1. The maximum absolute atomic E-state index is 5.52. The number of nitrogens with zero attached hydrogens (tertiary/aromatic N) is 1. The second kappa shape index (κ2) is 4.77. The summed E-state index contributed by atoms with van der Waals surface area (Å²) in [5, 5.41) is 4.66. The molecule has 4 heteroatoms. The predicted molar refractivity (Wildman–Crippen MR) is 71.3 cm³/mol. The van der Waals surface area contributed by atoms with Gasteiger partial charge in [0.1, 0.15) is 11.5 Å². The number of nitrogens with one attached hydrogen (secondary N) is 1. The fourth-order valence-electron chi connectivity index (χ4n) is 2.62. The van der Waals surface area contributed by atoms with E-state index < -0.39 is 0 Å². The number of furan rings is 1. The average molecular weight is 250 g/mol. The summed E-state index contributed by atoms with van der Waals surface area (Å²) in [6, 6.07) is 4.67. The first-order chi connectivity index (χ1) is 8.31. The van der Waals surface area contributed by atoms with Crippen molar-refractivity contribution in [2.24, 2.45) is 10.9 Å². The van der Waals surface area contributed by atoms with Gasteiger partial charge in [-0.25, -0.2) is 0 Å². The molecule has 3 nitrogen and oxygen atoms in total. The molecular weight excluding hydrogens is 232 g/mol. The molecule has 1 aliphatic heterocycles. The Bertz CT molecular complexity index is 427. The minimum absolute atomic E-state index is 0.653. The van der Waals surface area contributed by atoms with Crippen molar-refractivity contribution in [1.29, 1.82) is 0 Å². The van der Waals surface area contributed by atoms with E-state index in [0.717, 1.165) is 22.6 Å². The van der Waals surface area contributed by atoms with Gasteiger partial charge in [-0.05, 0) is 37.8 Å². The van der Waals surface area contributed by atoms with Crippen LogP contribution in [0.1, 0.15) is 30.8 Å². The summed E-state index contributed by atoms with van der Waals surface area (Å²) in [4.78, 5) is 4.60. The lowest BCUT2D eigenvalue weighted by molar-refractivity contribution is 0.479. The van der Waals surface area contributed by atoms with Gasteiger partial charge in [0.15, 0.2) is 5.17 Å². The summed E-state index contributed by atoms with van der Waals surface area (Å²) in [7, 11) is 0. The Labute approximate surface area is 106 Å². The molecule has 0 radical (unpaired) electrons. The predicted octanol–water partition coefficient (Wildman–Crippen LogP) is 2.95. The molecule has 17 heavy (non-hydrogen) atoms. The summed E-state index contributed by atoms with van der Waals surface area (Å²) < 4.78 is 5.52. The summed E-state index contributed by atoms with van der Waals surface area (Å²) >= 11 is 1.86. The maximum Gasteiger partial charge on any atom is 0.157 e. The summed E-state index contributed by atoms with van der Waals surface area (Å²) in [6.45, 7) is 2.62. The zero-order valence-electron chi connectivity index (χ0n) is 10.1. The Hall–Kier alpha value is -0.900. The second-order valence-electron chi connectivity index (χ2n) is 4.89. The van der Waals surface area contributed by atoms with Gasteiger partial charge in [-0.15, -0.1) is 0 Å². The van der Waals surface area contributed by atoms with Crippen molar-refractivity contribution in [2.45, 2.75) is 38.8 Å². The molecule has 0 amide bonds. The Morgan fingerprint density at radius 1 is 1.47 bits per heavy atom. The van der Waals surface area contributed by atoms with Crippen LogP contribution in [-0.2, 0) is 6.54 Å². The summed E-state index contributed by atoms with van der Waals surface area (Å²) in [6.07, 6.45) is 4.06. The number of aliphatic imine (C=N–C) groups is 1. The number of hydrogen-bond acceptors (Lipinski definition) is 3. The highest BCUT2D eigenvalue weighted by molar-refractivity contribution is 8.13. The monoisotopic (exact) mass is 250 g/mol. The smallest absolute Gasteiger partial charge is 0.157 e. The Morgan fingerprint density at radius 2 is 2.41 bits per heavy atom. The third-order valence-corrected chi connectivity index (χ3v) is 4.69. The van der Waals surface area contributed by atoms with Gasteiger partial charge >= 0.3 is 0 Å². The molecule has 0 bridgehead atoms. The molecule has 92 valence electrons. The van der Waals surface area contributed by atoms with Crippen LogP contribution in [0.2, 0.25) is 0 Å². The lowest BCUT2D eigenvalue weighted by Crippen LogP contribution is -2.41. The van der Waals surface area contributed by atoms with Gasteiger partial charge in [0.2, 0.25) is 0 Å². The number of thioether (sulfide) groups is 1. The first-order valence-corrected chi connectivity index (χ1v) is 7.29. The number of rotatable bonds is 2. The van der Waals surface area contributed by atoms with E-state index in [1.54, 1.807) is 0 Å². The van der Waals surface area contributed by atoms with Crippen molar-refractivity contribution in [3.05, 3.63) is 23.7 Å². The van der Waals surface area contributed by atoms with Crippen LogP contribution in [-0.4, -0.2) is 17.0 Å². The van der Waals surface area contributed by atoms with Crippen LogP contribution < -0.4 is 5.32 Å². The minimum atomic E-state index is 0.653. The zero-order valence-corrected chi connectivity index (χ0v) is 10.9. The van der Waals surface area contributed by atoms with E-state index in [1.165, 1.54) is 25.0 Å². The second-order valence-corrected chi connectivity index (χ2v) is 5.90. The van der Waals surface area contributed by atoms with E-state index in [-0.39, 0.29) is 0 Å². The molecular formula is C13H18N2OS. The van der Waals surface area contributed by atoms with Gasteiger partial charge < -0.3 is 9.73 Å². The molecule has 1 N–H and O–H groups in total. The van der Waals surface area contributed by atoms with Crippen molar-refractivity contribution in [2.75, 3.05) is 5.75 Å². The zero-order chi connectivity index (χ0) is 11.7. The highest BCUT2D eigenvalue weighted by atomic mass is 32.2. The third kappa shape index (κ3) is 2.51. The molecule has 0 aromatic carbocycles. The highest BCUT2D eigenvalue weighted by Gasteiger charge is 2.31. The maximum atomic E-state index is 5.52. The van der Waals surface area contributed by atoms with Crippen molar-refractivity contribution >= 4 is 16.9 Å². The van der Waals surface area contributed by atoms with Crippen molar-refractivity contribution in [1.82, 2.24) is 5.32 Å². The lowest BCUT2D eigenvalue weighted by Gasteiger charge is -2.27. The largest absolute Gasteiger partial charge is 0.464 e. The first-order valence-electron chi connectivity index (χ1n) is 6.30. The van der Waals surface area contributed by atoms with E-state index in [1.807, 2.05) is 30.8 Å². The quantitative estimate of drug-likeness (QED) is 0.877. The number of fused-ring (bicyclic) bond motifs is 1. The molecule has 0 spiro atoms. The van der Waals surface area contributed by atoms with Crippen LogP contribution >= 0.6 is 11.8 Å². The molecule has 1 aromatic rings. The van der Waals surface area contributed by atoms with Gasteiger partial charge in [-0.2, -0.15) is 0 Å². The highest BCUT2D eigenvalue weighted by Crippen LogP contribution is 2.32. The Morgan fingerprint density at radius 3 is 3.24 bits per heavy atom. The molecule has 2 heterocycles. The van der Waals surface area contributed by atoms with Crippen LogP contribution in [0.5, 0.6) is 0 Å². The Kier molecular flexibility index (Phi) is 3.14. The first kappa shape index (κ1) is 11.2. The fraction of sp³-hybridized carbons (Fsp3) is 0.615. The minimum Gasteiger partial charge on any atom is -0.464 e. The molecule has 2 fully saturated rings. The average Bonchev–Trinajstić information content (AvgIpc) is 2.94. The molecule has 2 aliphatic rings. The SMILES string of the molecule is Cc1ccc(CN=C2NC3CCCC3CS2)o1. The van der Waals surface area contributed by atoms with Crippen LogP contribution in [0, 0.1) is 12.8 Å². The topological polar surface area (TPSA) is 37.5 Å². The molecule has 1 saturated heterocycles. The van der Waals surface area contributed by atoms with E-state index >= 15 is 0 Å². The van der Waals surface area contributed by atoms with Crippen molar-refractivity contribution in [3.8, 4) is 0 Å². The summed E-state index contributed by atoms with van der Waals surface area (Å²) in [5.74, 6) is 4.00. The normalized spacial score (nSPS) is 30.3. The number of aryl methyl sites for hydroxylation is 1. The van der Waals surface area contributed by atoms with Crippen LogP contribution in [0.4, 0.5) is 0 Å². The van der Waals surface area contributed by atoms with Crippen molar-refractivity contribution in [3.63, 3.8) is 0 Å². The molecule has 2 atom stereocenters. The van der Waals surface area contributed by atoms with Gasteiger partial charge in [0, 0.05) is 11.8 Å². The molecule has 2 unspecified atom stereocenters. The third-order valence-electron chi connectivity index (χ3n) is 3.58. The summed E-state index contributed by atoms with van der Waals surface area (Å²) in [5.41, 5.74) is 0. The van der Waals surface area contributed by atoms with Gasteiger partial charge in [0.25, 0.3) is 0 Å². The van der Waals surface area contributed by atoms with E-state index in [2.05, 4.69) is 10.3 Å². The Balaban J connectivity index is 1.61. The standard InChI is InChI=1S/C13H18N2OS/c1-9-5-6-11(16-9)7-14-13-15-12-4-2-3-10(12)8-17-13/h5-6,10,12H,2-4,7-8H2,1H3,(H,14,15). The molecule has 1 aromatic heterocycles. The fourth-order valence-corrected chi connectivity index (χ4v) is 3.79. The van der Waals surface area contributed by atoms with Crippen LogP contribution in [0.3, 0.4) is 0 Å². The molecule has 3 rings (SSSR count). The van der Waals surface area contributed by atoms with E-state index in [9.17, 15) is 0 Å². The van der Waals surface area contributed by atoms with E-state index in [0.29, 0.717) is 12.6 Å². The van der Waals surface area contributed by atoms with Crippen molar-refractivity contribution < 1.29 is 4.42 Å². The van der Waals surface area contributed by atoms with Crippen LogP contribution in [0.15, 0.2) is 21.5 Å². The van der Waals surface area contributed by atoms with E-state index in [4.69, 9.17) is 4.42 Å². The van der Waals surface area contributed by atoms with Gasteiger partial charge in [-0.3, -0.25) is 4.99 Å².